The Morgan fingerprint density at radius 3 is 1.04 bits per heavy atom. The molecule has 0 radical (unpaired) electrons. The molecule has 0 spiro atoms. The van der Waals surface area contributed by atoms with Gasteiger partial charge in [0, 0.05) is 24.8 Å². The summed E-state index contributed by atoms with van der Waals surface area (Å²) < 4.78 is 0. The Bertz CT molecular complexity index is 2590. The van der Waals surface area contributed by atoms with Gasteiger partial charge in [-0.05, 0) is 89.4 Å². The quantitative estimate of drug-likeness (QED) is 0.168. The molecule has 4 aliphatic heterocycles. The van der Waals surface area contributed by atoms with E-state index in [4.69, 9.17) is 0 Å². The Morgan fingerprint density at radius 2 is 0.661 bits per heavy atom. The maximum absolute atomic E-state index is 3.71. The first-order valence-corrected chi connectivity index (χ1v) is 19.3. The van der Waals surface area contributed by atoms with Crippen LogP contribution in [0.5, 0.6) is 0 Å². The third-order valence-electron chi connectivity index (χ3n) is 11.4. The zero-order valence-electron chi connectivity index (χ0n) is 30.7. The maximum atomic E-state index is 3.71. The number of hydrogen-bond acceptors (Lipinski definition) is 4. The predicted molar refractivity (Wildman–Crippen MR) is 233 cm³/mol. The summed E-state index contributed by atoms with van der Waals surface area (Å²) >= 11 is 0. The fraction of sp³-hybridized carbons (Fsp3) is 0.0385. The van der Waals surface area contributed by atoms with E-state index in [0.29, 0.717) is 0 Å². The molecule has 4 heteroatoms. The van der Waals surface area contributed by atoms with Crippen LogP contribution in [0.25, 0.3) is 66.3 Å². The van der Waals surface area contributed by atoms with Gasteiger partial charge in [-0.1, -0.05) is 170 Å². The van der Waals surface area contributed by atoms with Gasteiger partial charge in [0.05, 0.1) is 11.4 Å². The highest BCUT2D eigenvalue weighted by atomic mass is 15.3. The summed E-state index contributed by atoms with van der Waals surface area (Å²) in [6, 6.07) is 57.0. The lowest BCUT2D eigenvalue weighted by Crippen LogP contribution is -2.32. The molecule has 4 nitrogen and oxygen atoms in total. The van der Waals surface area contributed by atoms with Crippen LogP contribution in [0.3, 0.4) is 0 Å². The normalized spacial score (nSPS) is 18.1. The standard InChI is InChI=1S/C52H38N4/c1-3-11-35(12-4-1)41-27-29-49-53-47(33-55(49)31-41)37-19-23-39(24-20-37)51-43-15-7-9-17-45(43)52(46-18-10-8-16-44(46)51)40-25-21-38(22-26-40)48-34-56-32-42(28-30-50(56)54-48)36-13-5-2-6-14-36/h1-34,49-50,53-54H. The van der Waals surface area contributed by atoms with Gasteiger partial charge in [0.2, 0.25) is 0 Å². The molecule has 266 valence electrons. The zero-order chi connectivity index (χ0) is 37.0. The third kappa shape index (κ3) is 5.54. The van der Waals surface area contributed by atoms with E-state index >= 15 is 0 Å². The molecule has 0 saturated heterocycles. The lowest BCUT2D eigenvalue weighted by molar-refractivity contribution is 0.429. The molecule has 0 fully saturated rings. The van der Waals surface area contributed by atoms with Crippen LogP contribution in [0, 0.1) is 0 Å². The number of nitrogens with zero attached hydrogens (tertiary/aromatic N) is 2. The van der Waals surface area contributed by atoms with E-state index in [-0.39, 0.29) is 12.3 Å². The van der Waals surface area contributed by atoms with Gasteiger partial charge >= 0.3 is 0 Å². The van der Waals surface area contributed by atoms with Gasteiger partial charge in [-0.3, -0.25) is 0 Å². The second kappa shape index (κ2) is 13.2. The van der Waals surface area contributed by atoms with Crippen molar-refractivity contribution in [1.29, 1.82) is 0 Å². The second-order valence-electron chi connectivity index (χ2n) is 14.8. The minimum Gasteiger partial charge on any atom is -0.360 e. The average molecular weight is 719 g/mol. The van der Waals surface area contributed by atoms with Crippen LogP contribution in [-0.2, 0) is 0 Å². The Morgan fingerprint density at radius 1 is 0.321 bits per heavy atom. The number of fused-ring (bicyclic) bond motifs is 4. The topological polar surface area (TPSA) is 30.5 Å². The van der Waals surface area contributed by atoms with Crippen LogP contribution in [0.4, 0.5) is 0 Å². The van der Waals surface area contributed by atoms with Crippen molar-refractivity contribution in [2.45, 2.75) is 12.3 Å². The van der Waals surface area contributed by atoms with Crippen molar-refractivity contribution in [3.05, 3.63) is 229 Å². The van der Waals surface area contributed by atoms with Crippen LogP contribution in [0.1, 0.15) is 22.3 Å². The lowest BCUT2D eigenvalue weighted by Gasteiger charge is -2.24. The van der Waals surface area contributed by atoms with Crippen molar-refractivity contribution in [1.82, 2.24) is 20.4 Å². The molecule has 2 unspecified atom stereocenters. The number of rotatable bonds is 6. The maximum Gasteiger partial charge on any atom is 0.122 e. The summed E-state index contributed by atoms with van der Waals surface area (Å²) in [6.07, 6.45) is 18.0. The number of benzene rings is 7. The summed E-state index contributed by atoms with van der Waals surface area (Å²) in [5.74, 6) is 0. The van der Waals surface area contributed by atoms with Crippen molar-refractivity contribution in [2.75, 3.05) is 0 Å². The van der Waals surface area contributed by atoms with Crippen LogP contribution in [-0.4, -0.2) is 22.1 Å². The van der Waals surface area contributed by atoms with Crippen LogP contribution in [0.15, 0.2) is 207 Å². The minimum absolute atomic E-state index is 0.113. The first-order valence-electron chi connectivity index (χ1n) is 19.3. The first kappa shape index (κ1) is 32.2. The molecule has 7 aromatic rings. The minimum atomic E-state index is 0.113. The van der Waals surface area contributed by atoms with E-state index in [1.165, 1.54) is 77.2 Å². The fourth-order valence-corrected chi connectivity index (χ4v) is 8.63. The van der Waals surface area contributed by atoms with Gasteiger partial charge in [0.25, 0.3) is 0 Å². The molecule has 0 aliphatic carbocycles. The van der Waals surface area contributed by atoms with Crippen LogP contribution >= 0.6 is 0 Å². The van der Waals surface area contributed by atoms with Crippen molar-refractivity contribution < 1.29 is 0 Å². The van der Waals surface area contributed by atoms with Crippen LogP contribution in [0.2, 0.25) is 0 Å². The Hall–Kier alpha value is -7.30. The first-order chi connectivity index (χ1) is 27.7. The highest BCUT2D eigenvalue weighted by Gasteiger charge is 2.26. The van der Waals surface area contributed by atoms with Crippen LogP contribution < -0.4 is 10.6 Å². The molecule has 56 heavy (non-hydrogen) atoms. The van der Waals surface area contributed by atoms with Gasteiger partial charge in [-0.15, -0.1) is 0 Å². The summed E-state index contributed by atoms with van der Waals surface area (Å²) in [5.41, 5.74) is 14.4. The molecule has 7 aromatic carbocycles. The fourth-order valence-electron chi connectivity index (χ4n) is 8.63. The molecule has 2 N–H and O–H groups in total. The number of allylic oxidation sites excluding steroid dienone is 4. The van der Waals surface area contributed by atoms with Gasteiger partial charge < -0.3 is 20.4 Å². The van der Waals surface area contributed by atoms with E-state index in [9.17, 15) is 0 Å². The number of hydrogen-bond donors (Lipinski definition) is 2. The molecule has 0 amide bonds. The molecule has 2 atom stereocenters. The summed E-state index contributed by atoms with van der Waals surface area (Å²) in [7, 11) is 0. The monoisotopic (exact) mass is 718 g/mol. The van der Waals surface area contributed by atoms with E-state index in [2.05, 4.69) is 227 Å². The van der Waals surface area contributed by atoms with Gasteiger partial charge in [-0.25, -0.2) is 0 Å². The zero-order valence-corrected chi connectivity index (χ0v) is 30.7. The Kier molecular flexibility index (Phi) is 7.59. The second-order valence-corrected chi connectivity index (χ2v) is 14.8. The van der Waals surface area contributed by atoms with Gasteiger partial charge in [-0.2, -0.15) is 0 Å². The van der Waals surface area contributed by atoms with Crippen molar-refractivity contribution in [3.63, 3.8) is 0 Å². The highest BCUT2D eigenvalue weighted by Crippen LogP contribution is 2.44. The number of nitrogens with one attached hydrogen (secondary N) is 2. The van der Waals surface area contributed by atoms with Gasteiger partial charge in [0.15, 0.2) is 0 Å². The third-order valence-corrected chi connectivity index (χ3v) is 11.4. The van der Waals surface area contributed by atoms with Gasteiger partial charge in [0.1, 0.15) is 12.3 Å². The summed E-state index contributed by atoms with van der Waals surface area (Å²) in [5, 5.41) is 12.4. The molecule has 0 saturated carbocycles. The predicted octanol–water partition coefficient (Wildman–Crippen LogP) is 11.6. The van der Waals surface area contributed by atoms with Crippen molar-refractivity contribution in [2.24, 2.45) is 0 Å². The van der Waals surface area contributed by atoms with E-state index in [1.807, 2.05) is 0 Å². The molecular weight excluding hydrogens is 681 g/mol. The molecule has 11 rings (SSSR count). The molecule has 0 aromatic heterocycles. The Balaban J connectivity index is 0.915. The smallest absolute Gasteiger partial charge is 0.122 e. The van der Waals surface area contributed by atoms with E-state index < -0.39 is 0 Å². The molecule has 4 aliphatic rings. The summed E-state index contributed by atoms with van der Waals surface area (Å²) in [6.45, 7) is 0. The Labute approximate surface area is 327 Å². The summed E-state index contributed by atoms with van der Waals surface area (Å²) in [4.78, 5) is 4.53. The van der Waals surface area contributed by atoms with E-state index in [1.54, 1.807) is 0 Å². The SMILES string of the molecule is C1=CC2NC(c3ccc(-c4c5ccccc5c(-c5ccc(C6=CN7C=C(c8ccccc8)C=CC7N6)cc5)c5ccccc45)cc3)=CN2C=C1c1ccccc1. The van der Waals surface area contributed by atoms with E-state index in [0.717, 1.165) is 11.4 Å². The lowest BCUT2D eigenvalue weighted by atomic mass is 9.85. The molecule has 4 heterocycles. The largest absolute Gasteiger partial charge is 0.360 e. The molecule has 0 bridgehead atoms. The average Bonchev–Trinajstić information content (AvgIpc) is 3.91. The highest BCUT2D eigenvalue weighted by molar-refractivity contribution is 6.21. The van der Waals surface area contributed by atoms with Crippen molar-refractivity contribution >= 4 is 44.1 Å². The molecular formula is C52H38N4. The van der Waals surface area contributed by atoms with Crippen molar-refractivity contribution in [3.8, 4) is 22.3 Å².